The molecule has 3 rings (SSSR count). The van der Waals surface area contributed by atoms with Crippen LogP contribution in [0.15, 0.2) is 18.2 Å². The zero-order valence-corrected chi connectivity index (χ0v) is 12.4. The molecule has 0 radical (unpaired) electrons. The van der Waals surface area contributed by atoms with Gasteiger partial charge in [0.05, 0.1) is 11.0 Å². The smallest absolute Gasteiger partial charge is 0.222 e. The van der Waals surface area contributed by atoms with E-state index in [1.807, 2.05) is 4.57 Å². The Kier molecular flexibility index (Phi) is 4.10. The summed E-state index contributed by atoms with van der Waals surface area (Å²) < 4.78 is 15.3. The Morgan fingerprint density at radius 2 is 2.29 bits per heavy atom. The van der Waals surface area contributed by atoms with Crippen molar-refractivity contribution in [2.24, 2.45) is 0 Å². The first-order chi connectivity index (χ1) is 10.2. The molecule has 1 aromatic heterocycles. The number of fused-ring (bicyclic) bond motifs is 1. The number of aryl methyl sites for hydroxylation is 2. The van der Waals surface area contributed by atoms with E-state index in [4.69, 9.17) is 11.6 Å². The van der Waals surface area contributed by atoms with Crippen LogP contribution in [-0.2, 0) is 17.8 Å². The molecule has 112 valence electrons. The van der Waals surface area contributed by atoms with Gasteiger partial charge in [0.2, 0.25) is 5.91 Å². The molecule has 1 heterocycles. The standard InChI is InChI=1S/C15H17ClFN3O/c16-7-5-14-19-12-9-10(17)1-4-13(12)20(14)8-6-15(21)18-11-2-3-11/h1,4,9,11H,2-3,5-8H2,(H,18,21). The quantitative estimate of drug-likeness (QED) is 0.834. The summed E-state index contributed by atoms with van der Waals surface area (Å²) in [4.78, 5) is 16.2. The zero-order chi connectivity index (χ0) is 14.8. The molecule has 1 aliphatic rings. The molecular formula is C15H17ClFN3O. The van der Waals surface area contributed by atoms with Gasteiger partial charge in [-0.15, -0.1) is 11.6 Å². The average molecular weight is 310 g/mol. The summed E-state index contributed by atoms with van der Waals surface area (Å²) in [5.74, 6) is 0.985. The van der Waals surface area contributed by atoms with Crippen molar-refractivity contribution in [3.8, 4) is 0 Å². The predicted octanol–water partition coefficient (Wildman–Crippen LogP) is 2.63. The molecule has 0 spiro atoms. The number of halogens is 2. The van der Waals surface area contributed by atoms with Crippen molar-refractivity contribution < 1.29 is 9.18 Å². The number of nitrogens with zero attached hydrogens (tertiary/aromatic N) is 2. The molecule has 1 aromatic carbocycles. The fourth-order valence-electron chi connectivity index (χ4n) is 2.42. The topological polar surface area (TPSA) is 46.9 Å². The largest absolute Gasteiger partial charge is 0.353 e. The van der Waals surface area contributed by atoms with Crippen LogP contribution in [0.2, 0.25) is 0 Å². The first-order valence-corrected chi connectivity index (χ1v) is 7.71. The monoisotopic (exact) mass is 309 g/mol. The Morgan fingerprint density at radius 3 is 3.00 bits per heavy atom. The fraction of sp³-hybridized carbons (Fsp3) is 0.467. The lowest BCUT2D eigenvalue weighted by Crippen LogP contribution is -2.26. The van der Waals surface area contributed by atoms with Crippen molar-refractivity contribution in [2.75, 3.05) is 5.88 Å². The van der Waals surface area contributed by atoms with Crippen LogP contribution < -0.4 is 5.32 Å². The number of amides is 1. The highest BCUT2D eigenvalue weighted by Crippen LogP contribution is 2.20. The molecule has 4 nitrogen and oxygen atoms in total. The molecule has 0 bridgehead atoms. The Bertz CT molecular complexity index is 666. The van der Waals surface area contributed by atoms with Crippen LogP contribution in [-0.4, -0.2) is 27.4 Å². The van der Waals surface area contributed by atoms with Crippen molar-refractivity contribution in [1.82, 2.24) is 14.9 Å². The Morgan fingerprint density at radius 1 is 1.48 bits per heavy atom. The molecule has 21 heavy (non-hydrogen) atoms. The van der Waals surface area contributed by atoms with E-state index in [-0.39, 0.29) is 11.7 Å². The molecule has 0 atom stereocenters. The maximum Gasteiger partial charge on any atom is 0.222 e. The van der Waals surface area contributed by atoms with Crippen LogP contribution in [0.1, 0.15) is 25.1 Å². The van der Waals surface area contributed by atoms with Crippen LogP contribution in [0.4, 0.5) is 4.39 Å². The minimum Gasteiger partial charge on any atom is -0.353 e. The molecule has 1 saturated carbocycles. The number of rotatable bonds is 6. The van der Waals surface area contributed by atoms with E-state index >= 15 is 0 Å². The van der Waals surface area contributed by atoms with Gasteiger partial charge in [-0.2, -0.15) is 0 Å². The molecular weight excluding hydrogens is 293 g/mol. The van der Waals surface area contributed by atoms with E-state index in [2.05, 4.69) is 10.3 Å². The molecule has 1 amide bonds. The van der Waals surface area contributed by atoms with Crippen molar-refractivity contribution in [3.05, 3.63) is 29.8 Å². The molecule has 6 heteroatoms. The van der Waals surface area contributed by atoms with Crippen molar-refractivity contribution >= 4 is 28.5 Å². The van der Waals surface area contributed by atoms with Gasteiger partial charge in [-0.05, 0) is 25.0 Å². The summed E-state index contributed by atoms with van der Waals surface area (Å²) in [5.41, 5.74) is 1.45. The van der Waals surface area contributed by atoms with Crippen LogP contribution in [0.5, 0.6) is 0 Å². The van der Waals surface area contributed by atoms with Gasteiger partial charge in [-0.25, -0.2) is 9.37 Å². The van der Waals surface area contributed by atoms with E-state index in [9.17, 15) is 9.18 Å². The van der Waals surface area contributed by atoms with Crippen LogP contribution in [0.25, 0.3) is 11.0 Å². The third-order valence-corrected chi connectivity index (χ3v) is 3.80. The van der Waals surface area contributed by atoms with Crippen LogP contribution in [0.3, 0.4) is 0 Å². The van der Waals surface area contributed by atoms with Crippen LogP contribution in [0, 0.1) is 5.82 Å². The highest BCUT2D eigenvalue weighted by molar-refractivity contribution is 6.17. The van der Waals surface area contributed by atoms with Gasteiger partial charge in [0.15, 0.2) is 0 Å². The van der Waals surface area contributed by atoms with E-state index in [0.29, 0.717) is 36.8 Å². The molecule has 0 aliphatic heterocycles. The van der Waals surface area contributed by atoms with Gasteiger partial charge in [0, 0.05) is 37.4 Å². The van der Waals surface area contributed by atoms with E-state index < -0.39 is 0 Å². The molecule has 2 aromatic rings. The number of hydrogen-bond donors (Lipinski definition) is 1. The second-order valence-electron chi connectivity index (χ2n) is 5.34. The summed E-state index contributed by atoms with van der Waals surface area (Å²) in [5, 5.41) is 2.97. The lowest BCUT2D eigenvalue weighted by Gasteiger charge is -2.09. The summed E-state index contributed by atoms with van der Waals surface area (Å²) in [6.07, 6.45) is 3.16. The van der Waals surface area contributed by atoms with Crippen molar-refractivity contribution in [1.29, 1.82) is 0 Å². The van der Waals surface area contributed by atoms with E-state index in [1.54, 1.807) is 6.07 Å². The van der Waals surface area contributed by atoms with Gasteiger partial charge in [-0.1, -0.05) is 0 Å². The summed E-state index contributed by atoms with van der Waals surface area (Å²) in [6, 6.07) is 4.89. The predicted molar refractivity (Wildman–Crippen MR) is 79.9 cm³/mol. The van der Waals surface area contributed by atoms with Gasteiger partial charge in [0.25, 0.3) is 0 Å². The third kappa shape index (κ3) is 3.35. The van der Waals surface area contributed by atoms with Crippen molar-refractivity contribution in [3.63, 3.8) is 0 Å². The van der Waals surface area contributed by atoms with Gasteiger partial charge in [-0.3, -0.25) is 4.79 Å². The number of alkyl halides is 1. The normalized spacial score (nSPS) is 14.6. The van der Waals surface area contributed by atoms with Crippen LogP contribution >= 0.6 is 11.6 Å². The number of carbonyl (C=O) groups excluding carboxylic acids is 1. The maximum absolute atomic E-state index is 13.3. The highest BCUT2D eigenvalue weighted by Gasteiger charge is 2.23. The first kappa shape index (κ1) is 14.3. The minimum atomic E-state index is -0.309. The van der Waals surface area contributed by atoms with E-state index in [1.165, 1.54) is 12.1 Å². The number of imidazole rings is 1. The van der Waals surface area contributed by atoms with Gasteiger partial charge < -0.3 is 9.88 Å². The Hall–Kier alpha value is -1.62. The SMILES string of the molecule is O=C(CCn1c(CCCl)nc2cc(F)ccc21)NC1CC1. The number of carbonyl (C=O) groups is 1. The number of nitrogens with one attached hydrogen (secondary N) is 1. The summed E-state index contributed by atoms with van der Waals surface area (Å²) in [6.45, 7) is 0.535. The second-order valence-corrected chi connectivity index (χ2v) is 5.72. The Labute approximate surface area is 127 Å². The molecule has 1 aliphatic carbocycles. The molecule has 1 fully saturated rings. The summed E-state index contributed by atoms with van der Waals surface area (Å²) in [7, 11) is 0. The maximum atomic E-state index is 13.3. The summed E-state index contributed by atoms with van der Waals surface area (Å²) >= 11 is 5.80. The second kappa shape index (κ2) is 6.02. The highest BCUT2D eigenvalue weighted by atomic mass is 35.5. The fourth-order valence-corrected chi connectivity index (χ4v) is 2.59. The number of benzene rings is 1. The zero-order valence-electron chi connectivity index (χ0n) is 11.6. The molecule has 1 N–H and O–H groups in total. The van der Waals surface area contributed by atoms with E-state index in [0.717, 1.165) is 24.2 Å². The lowest BCUT2D eigenvalue weighted by molar-refractivity contribution is -0.121. The lowest BCUT2D eigenvalue weighted by atomic mass is 10.3. The number of hydrogen-bond acceptors (Lipinski definition) is 2. The number of aromatic nitrogens is 2. The third-order valence-electron chi connectivity index (χ3n) is 3.61. The molecule has 0 saturated heterocycles. The average Bonchev–Trinajstić information content (AvgIpc) is 3.18. The Balaban J connectivity index is 1.80. The minimum absolute atomic E-state index is 0.0540. The molecule has 0 unspecified atom stereocenters. The van der Waals surface area contributed by atoms with Gasteiger partial charge in [0.1, 0.15) is 11.6 Å². The van der Waals surface area contributed by atoms with Crippen molar-refractivity contribution in [2.45, 2.75) is 38.3 Å². The van der Waals surface area contributed by atoms with Gasteiger partial charge >= 0.3 is 0 Å². The first-order valence-electron chi connectivity index (χ1n) is 7.17.